The van der Waals surface area contributed by atoms with Gasteiger partial charge in [-0.05, 0) is 72.8 Å². The lowest BCUT2D eigenvalue weighted by atomic mass is 9.99. The van der Waals surface area contributed by atoms with Gasteiger partial charge in [-0.15, -0.1) is 0 Å². The average Bonchev–Trinajstić information content (AvgIpc) is 3.09. The number of ether oxygens (including phenoxy) is 2. The molecule has 8 rings (SSSR count). The van der Waals surface area contributed by atoms with E-state index in [4.69, 9.17) is 9.47 Å². The topological polar surface area (TPSA) is 111 Å². The summed E-state index contributed by atoms with van der Waals surface area (Å²) >= 11 is 0. The van der Waals surface area contributed by atoms with Gasteiger partial charge >= 0.3 is 0 Å². The summed E-state index contributed by atoms with van der Waals surface area (Å²) < 4.78 is 12.2. The maximum Gasteiger partial charge on any atom is 0.279 e. The highest BCUT2D eigenvalue weighted by molar-refractivity contribution is 5.92. The van der Waals surface area contributed by atoms with E-state index in [2.05, 4.69) is 0 Å². The Labute approximate surface area is 262 Å². The lowest BCUT2D eigenvalue weighted by molar-refractivity contribution is -0.386. The molecule has 0 aliphatic carbocycles. The smallest absolute Gasteiger partial charge is 0.279 e. The Morgan fingerprint density at radius 1 is 0.435 bits per heavy atom. The van der Waals surface area contributed by atoms with E-state index in [9.17, 15) is 20.2 Å². The van der Waals surface area contributed by atoms with Gasteiger partial charge in [-0.25, -0.2) is 0 Å². The molecule has 222 valence electrons. The third kappa shape index (κ3) is 4.27. The second-order valence-corrected chi connectivity index (χ2v) is 10.7. The summed E-state index contributed by atoms with van der Waals surface area (Å²) in [6.45, 7) is 0. The number of hydrogen-bond acceptors (Lipinski definition) is 8. The van der Waals surface area contributed by atoms with E-state index in [1.165, 1.54) is 12.1 Å². The number of benzene rings is 6. The van der Waals surface area contributed by atoms with Gasteiger partial charge in [0.15, 0.2) is 23.0 Å². The van der Waals surface area contributed by atoms with Crippen LogP contribution in [-0.2, 0) is 0 Å². The largest absolute Gasteiger partial charge is 0.453 e. The summed E-state index contributed by atoms with van der Waals surface area (Å²) in [6, 6.07) is 39.2. The first kappa shape index (κ1) is 26.9. The molecule has 2 aliphatic rings. The molecule has 2 aliphatic heterocycles. The molecule has 0 radical (unpaired) electrons. The summed E-state index contributed by atoms with van der Waals surface area (Å²) in [5.41, 5.74) is 3.60. The van der Waals surface area contributed by atoms with Crippen molar-refractivity contribution in [1.29, 1.82) is 0 Å². The zero-order chi connectivity index (χ0) is 31.4. The van der Waals surface area contributed by atoms with E-state index in [0.717, 1.165) is 0 Å². The Hall–Kier alpha value is -6.68. The van der Waals surface area contributed by atoms with Crippen LogP contribution >= 0.6 is 0 Å². The highest BCUT2D eigenvalue weighted by Crippen LogP contribution is 2.53. The van der Waals surface area contributed by atoms with Crippen LogP contribution in [0.1, 0.15) is 0 Å². The van der Waals surface area contributed by atoms with Crippen LogP contribution in [0.2, 0.25) is 0 Å². The van der Waals surface area contributed by atoms with Crippen LogP contribution in [-0.4, -0.2) is 9.85 Å². The number of nitrogens with zero attached hydrogens (tertiary/aromatic N) is 4. The molecule has 0 amide bonds. The van der Waals surface area contributed by atoms with Gasteiger partial charge in [0.05, 0.1) is 55.1 Å². The van der Waals surface area contributed by atoms with Crippen molar-refractivity contribution in [2.75, 3.05) is 9.80 Å². The monoisotopic (exact) mass is 606 g/mol. The lowest BCUT2D eigenvalue weighted by Crippen LogP contribution is -2.16. The normalized spacial score (nSPS) is 12.5. The van der Waals surface area contributed by atoms with Gasteiger partial charge in [-0.1, -0.05) is 48.5 Å². The third-order valence-electron chi connectivity index (χ3n) is 8.03. The second-order valence-electron chi connectivity index (χ2n) is 10.7. The van der Waals surface area contributed by atoms with Gasteiger partial charge in [0.25, 0.3) is 11.4 Å². The zero-order valence-electron chi connectivity index (χ0n) is 23.9. The predicted molar refractivity (Wildman–Crippen MR) is 175 cm³/mol. The van der Waals surface area contributed by atoms with Crippen LogP contribution in [0.4, 0.5) is 45.5 Å². The molecular weight excluding hydrogens is 584 g/mol. The van der Waals surface area contributed by atoms with Crippen LogP contribution in [0, 0.1) is 20.2 Å². The molecule has 10 nitrogen and oxygen atoms in total. The molecule has 6 aromatic rings. The SMILES string of the molecule is O=[N+]([O-])c1cc(N2c3ccccc3Oc3ccccc32)ccc1-c1ccc(N2c3ccccc3Oc3ccccc32)cc1[N+](=O)[O-]. The third-order valence-corrected chi connectivity index (χ3v) is 8.03. The van der Waals surface area contributed by atoms with Crippen LogP contribution in [0.5, 0.6) is 23.0 Å². The molecule has 0 fully saturated rings. The highest BCUT2D eigenvalue weighted by atomic mass is 16.6. The fourth-order valence-electron chi connectivity index (χ4n) is 6.04. The van der Waals surface area contributed by atoms with Crippen molar-refractivity contribution < 1.29 is 19.3 Å². The van der Waals surface area contributed by atoms with Crippen molar-refractivity contribution in [3.63, 3.8) is 0 Å². The maximum absolute atomic E-state index is 12.6. The summed E-state index contributed by atoms with van der Waals surface area (Å²) in [5.74, 6) is 2.41. The van der Waals surface area contributed by atoms with E-state index in [0.29, 0.717) is 57.1 Å². The molecule has 0 saturated heterocycles. The van der Waals surface area contributed by atoms with E-state index >= 15 is 0 Å². The lowest BCUT2D eigenvalue weighted by Gasteiger charge is -2.33. The maximum atomic E-state index is 12.6. The fraction of sp³-hybridized carbons (Fsp3) is 0. The Bertz CT molecular complexity index is 1970. The highest BCUT2D eigenvalue weighted by Gasteiger charge is 2.31. The van der Waals surface area contributed by atoms with Gasteiger partial charge in [-0.3, -0.25) is 20.2 Å². The number of anilines is 6. The molecule has 0 aromatic heterocycles. The van der Waals surface area contributed by atoms with Crippen molar-refractivity contribution in [3.05, 3.63) is 154 Å². The molecule has 0 N–H and O–H groups in total. The average molecular weight is 607 g/mol. The van der Waals surface area contributed by atoms with E-state index in [1.54, 1.807) is 24.3 Å². The van der Waals surface area contributed by atoms with E-state index in [-0.39, 0.29) is 22.5 Å². The minimum Gasteiger partial charge on any atom is -0.453 e. The number of rotatable bonds is 5. The van der Waals surface area contributed by atoms with Crippen molar-refractivity contribution in [3.8, 4) is 34.1 Å². The minimum atomic E-state index is -0.511. The number of nitro benzene ring substituents is 2. The molecule has 0 unspecified atom stereocenters. The van der Waals surface area contributed by atoms with Gasteiger partial charge in [0, 0.05) is 12.1 Å². The number of hydrogen-bond donors (Lipinski definition) is 0. The van der Waals surface area contributed by atoms with Crippen molar-refractivity contribution >= 4 is 45.5 Å². The molecular formula is C36H22N4O6. The van der Waals surface area contributed by atoms with Crippen LogP contribution in [0.3, 0.4) is 0 Å². The second kappa shape index (κ2) is 10.5. The summed E-state index contributed by atoms with van der Waals surface area (Å²) in [7, 11) is 0. The molecule has 2 heterocycles. The zero-order valence-corrected chi connectivity index (χ0v) is 23.9. The van der Waals surface area contributed by atoms with E-state index in [1.807, 2.05) is 107 Å². The molecule has 10 heteroatoms. The molecule has 0 bridgehead atoms. The van der Waals surface area contributed by atoms with Gasteiger partial charge in [0.2, 0.25) is 0 Å². The Morgan fingerprint density at radius 3 is 1.04 bits per heavy atom. The Balaban J connectivity index is 1.27. The first-order chi connectivity index (χ1) is 22.5. The molecule has 0 spiro atoms. The first-order valence-electron chi connectivity index (χ1n) is 14.4. The van der Waals surface area contributed by atoms with Gasteiger partial charge < -0.3 is 19.3 Å². The van der Waals surface area contributed by atoms with Crippen LogP contribution in [0.15, 0.2) is 133 Å². The predicted octanol–water partition coefficient (Wildman–Crippen LogP) is 10.3. The summed E-state index contributed by atoms with van der Waals surface area (Å²) in [5, 5.41) is 25.1. The first-order valence-corrected chi connectivity index (χ1v) is 14.4. The van der Waals surface area contributed by atoms with Gasteiger partial charge in [0.1, 0.15) is 0 Å². The van der Waals surface area contributed by atoms with E-state index < -0.39 is 9.85 Å². The summed E-state index contributed by atoms with van der Waals surface area (Å²) in [6.07, 6.45) is 0. The Kier molecular flexibility index (Phi) is 6.14. The molecule has 0 saturated carbocycles. The molecule has 46 heavy (non-hydrogen) atoms. The minimum absolute atomic E-state index is 0.129. The van der Waals surface area contributed by atoms with Crippen molar-refractivity contribution in [1.82, 2.24) is 0 Å². The van der Waals surface area contributed by atoms with Crippen LogP contribution < -0.4 is 19.3 Å². The summed E-state index contributed by atoms with van der Waals surface area (Å²) in [4.78, 5) is 27.9. The Morgan fingerprint density at radius 2 is 0.739 bits per heavy atom. The molecule has 0 atom stereocenters. The van der Waals surface area contributed by atoms with Gasteiger partial charge in [-0.2, -0.15) is 0 Å². The number of nitro groups is 2. The standard InChI is InChI=1S/C36H22N4O6/c41-39(42)31-21-23(37-27-9-1-5-13-33(27)45-34-14-6-2-10-28(34)37)17-19-25(31)26-20-18-24(22-32(26)40(43)44)38-29-11-3-7-15-35(29)46-36-16-8-4-12-30(36)38/h1-22H. The number of para-hydroxylation sites is 8. The van der Waals surface area contributed by atoms with Crippen molar-refractivity contribution in [2.24, 2.45) is 0 Å². The molecule has 6 aromatic carbocycles. The quantitative estimate of drug-likeness (QED) is 0.141. The number of fused-ring (bicyclic) bond motifs is 4. The van der Waals surface area contributed by atoms with Crippen LogP contribution in [0.25, 0.3) is 11.1 Å². The fourth-order valence-corrected chi connectivity index (χ4v) is 6.04. The van der Waals surface area contributed by atoms with Crippen molar-refractivity contribution in [2.45, 2.75) is 0 Å².